The van der Waals surface area contributed by atoms with Gasteiger partial charge in [0.15, 0.2) is 5.65 Å². The second kappa shape index (κ2) is 4.57. The number of hydrogen-bond acceptors (Lipinski definition) is 3. The quantitative estimate of drug-likeness (QED) is 0.856. The molecule has 0 spiro atoms. The molecule has 0 saturated carbocycles. The van der Waals surface area contributed by atoms with E-state index in [4.69, 9.17) is 17.3 Å². The van der Waals surface area contributed by atoms with Crippen LogP contribution < -0.4 is 5.73 Å². The lowest BCUT2D eigenvalue weighted by Crippen LogP contribution is -2.35. The molecule has 0 radical (unpaired) electrons. The fourth-order valence-electron chi connectivity index (χ4n) is 1.75. The predicted octanol–water partition coefficient (Wildman–Crippen LogP) is 1.68. The van der Waals surface area contributed by atoms with Crippen LogP contribution in [0.1, 0.15) is 19.7 Å². The summed E-state index contributed by atoms with van der Waals surface area (Å²) in [4.78, 5) is 20.1. The third-order valence-corrected chi connectivity index (χ3v) is 3.16. The molecule has 0 aliphatic heterocycles. The zero-order valence-electron chi connectivity index (χ0n) is 10.4. The summed E-state index contributed by atoms with van der Waals surface area (Å²) in [5.74, 6) is 0.603. The number of amides is 1. The van der Waals surface area contributed by atoms with Crippen molar-refractivity contribution in [1.82, 2.24) is 14.5 Å². The number of pyridine rings is 1. The molecule has 2 aromatic heterocycles. The van der Waals surface area contributed by atoms with Crippen molar-refractivity contribution in [3.63, 3.8) is 0 Å². The normalized spacial score (nSPS) is 11.9. The van der Waals surface area contributed by atoms with Crippen LogP contribution in [0, 0.1) is 5.41 Å². The van der Waals surface area contributed by atoms with E-state index in [1.165, 1.54) is 0 Å². The lowest BCUT2D eigenvalue weighted by Gasteiger charge is -2.22. The van der Waals surface area contributed by atoms with Crippen molar-refractivity contribution in [2.45, 2.75) is 26.3 Å². The highest BCUT2D eigenvalue weighted by Gasteiger charge is 2.27. The first kappa shape index (κ1) is 12.8. The van der Waals surface area contributed by atoms with E-state index in [1.54, 1.807) is 20.0 Å². The molecule has 2 rings (SSSR count). The van der Waals surface area contributed by atoms with Crippen molar-refractivity contribution in [3.05, 3.63) is 24.2 Å². The van der Waals surface area contributed by atoms with Crippen molar-refractivity contribution in [3.8, 4) is 0 Å². The van der Waals surface area contributed by atoms with Gasteiger partial charge < -0.3 is 10.3 Å². The van der Waals surface area contributed by atoms with Gasteiger partial charge in [-0.1, -0.05) is 0 Å². The molecule has 2 heterocycles. The van der Waals surface area contributed by atoms with Crippen molar-refractivity contribution < 1.29 is 4.79 Å². The van der Waals surface area contributed by atoms with Gasteiger partial charge in [0.1, 0.15) is 11.3 Å². The Morgan fingerprint density at radius 3 is 2.89 bits per heavy atom. The van der Waals surface area contributed by atoms with Crippen molar-refractivity contribution in [2.24, 2.45) is 11.1 Å². The van der Waals surface area contributed by atoms with Gasteiger partial charge in [0.05, 0.1) is 11.3 Å². The van der Waals surface area contributed by atoms with Crippen molar-refractivity contribution in [1.29, 1.82) is 0 Å². The Labute approximate surface area is 110 Å². The van der Waals surface area contributed by atoms with Gasteiger partial charge in [0.2, 0.25) is 5.91 Å². The summed E-state index contributed by atoms with van der Waals surface area (Å²) in [6.07, 6.45) is 1.69. The van der Waals surface area contributed by atoms with E-state index < -0.39 is 5.41 Å². The highest BCUT2D eigenvalue weighted by molar-refractivity contribution is 6.16. The van der Waals surface area contributed by atoms with Gasteiger partial charge in [-0.15, -0.1) is 11.6 Å². The Morgan fingerprint density at radius 2 is 2.28 bits per heavy atom. The smallest absolute Gasteiger partial charge is 0.224 e. The third kappa shape index (κ3) is 2.18. The van der Waals surface area contributed by atoms with Crippen LogP contribution in [0.5, 0.6) is 0 Å². The summed E-state index contributed by atoms with van der Waals surface area (Å²) in [6, 6.07) is 3.68. The minimum Gasteiger partial charge on any atom is -0.369 e. The van der Waals surface area contributed by atoms with Crippen LogP contribution in [0.2, 0.25) is 0 Å². The number of hydrogen-bond donors (Lipinski definition) is 1. The number of primary amides is 1. The highest BCUT2D eigenvalue weighted by Crippen LogP contribution is 2.23. The summed E-state index contributed by atoms with van der Waals surface area (Å²) in [5.41, 5.74) is 6.22. The standard InChI is InChI=1S/C12H15ClN4O/c1-12(2,11(14)18)7-17-9(6-13)16-8-4-3-5-15-10(8)17/h3-5H,6-7H2,1-2H3,(H2,14,18). The third-order valence-electron chi connectivity index (χ3n) is 2.92. The Balaban J connectivity index is 2.52. The van der Waals surface area contributed by atoms with Crippen LogP contribution in [-0.2, 0) is 17.2 Å². The fraction of sp³-hybridized carbons (Fsp3) is 0.417. The van der Waals surface area contributed by atoms with Crippen molar-refractivity contribution in [2.75, 3.05) is 0 Å². The number of fused-ring (bicyclic) bond motifs is 1. The summed E-state index contributed by atoms with van der Waals surface area (Å²) in [7, 11) is 0. The molecule has 0 saturated heterocycles. The van der Waals surface area contributed by atoms with Gasteiger partial charge in [-0.05, 0) is 26.0 Å². The SMILES string of the molecule is CC(C)(Cn1c(CCl)nc2cccnc21)C(N)=O. The molecule has 0 atom stereocenters. The van der Waals surface area contributed by atoms with Gasteiger partial charge in [-0.3, -0.25) is 4.79 Å². The molecule has 96 valence electrons. The van der Waals surface area contributed by atoms with Gasteiger partial charge in [-0.25, -0.2) is 9.97 Å². The second-order valence-corrected chi connectivity index (χ2v) is 5.11. The second-order valence-electron chi connectivity index (χ2n) is 4.84. The molecule has 1 amide bonds. The van der Waals surface area contributed by atoms with Gasteiger partial charge in [0, 0.05) is 12.7 Å². The van der Waals surface area contributed by atoms with E-state index in [-0.39, 0.29) is 11.8 Å². The topological polar surface area (TPSA) is 73.8 Å². The van der Waals surface area contributed by atoms with E-state index in [1.807, 2.05) is 16.7 Å². The van der Waals surface area contributed by atoms with E-state index in [0.29, 0.717) is 12.4 Å². The van der Waals surface area contributed by atoms with Crippen molar-refractivity contribution >= 4 is 28.7 Å². The summed E-state index contributed by atoms with van der Waals surface area (Å²) < 4.78 is 1.85. The molecule has 2 N–H and O–H groups in total. The molecular formula is C12H15ClN4O. The maximum absolute atomic E-state index is 11.4. The Bertz CT molecular complexity index is 591. The average molecular weight is 267 g/mol. The number of carbonyl (C=O) groups excluding carboxylic acids is 1. The maximum atomic E-state index is 11.4. The molecule has 0 bridgehead atoms. The Morgan fingerprint density at radius 1 is 1.56 bits per heavy atom. The summed E-state index contributed by atoms with van der Waals surface area (Å²) in [6.45, 7) is 4.00. The van der Waals surface area contributed by atoms with E-state index >= 15 is 0 Å². The molecule has 0 aromatic carbocycles. The Hall–Kier alpha value is -1.62. The molecular weight excluding hydrogens is 252 g/mol. The van der Waals surface area contributed by atoms with E-state index in [9.17, 15) is 4.79 Å². The van der Waals surface area contributed by atoms with Crippen LogP contribution in [0.3, 0.4) is 0 Å². The maximum Gasteiger partial charge on any atom is 0.224 e. The molecule has 0 unspecified atom stereocenters. The summed E-state index contributed by atoms with van der Waals surface area (Å²) in [5, 5.41) is 0. The number of nitrogens with zero attached hydrogens (tertiary/aromatic N) is 3. The Kier molecular flexibility index (Phi) is 3.26. The molecule has 0 aliphatic rings. The first-order valence-electron chi connectivity index (χ1n) is 5.61. The van der Waals surface area contributed by atoms with Crippen LogP contribution in [-0.4, -0.2) is 20.4 Å². The molecule has 2 aromatic rings. The first-order valence-corrected chi connectivity index (χ1v) is 6.15. The summed E-state index contributed by atoms with van der Waals surface area (Å²) >= 11 is 5.88. The largest absolute Gasteiger partial charge is 0.369 e. The number of imidazole rings is 1. The first-order chi connectivity index (χ1) is 8.45. The van der Waals surface area contributed by atoms with Crippen LogP contribution in [0.4, 0.5) is 0 Å². The number of halogens is 1. The van der Waals surface area contributed by atoms with Crippen LogP contribution in [0.15, 0.2) is 18.3 Å². The van der Waals surface area contributed by atoms with Gasteiger partial charge in [0.25, 0.3) is 0 Å². The zero-order chi connectivity index (χ0) is 13.3. The lowest BCUT2D eigenvalue weighted by atomic mass is 9.92. The minimum absolute atomic E-state index is 0.269. The average Bonchev–Trinajstić information content (AvgIpc) is 2.67. The molecule has 6 heteroatoms. The number of alkyl halides is 1. The number of carbonyl (C=O) groups is 1. The predicted molar refractivity (Wildman–Crippen MR) is 70.1 cm³/mol. The number of nitrogens with two attached hydrogens (primary N) is 1. The molecule has 5 nitrogen and oxygen atoms in total. The van der Waals surface area contributed by atoms with E-state index in [2.05, 4.69) is 9.97 Å². The molecule has 0 aliphatic carbocycles. The van der Waals surface area contributed by atoms with Gasteiger partial charge >= 0.3 is 0 Å². The monoisotopic (exact) mass is 266 g/mol. The zero-order valence-corrected chi connectivity index (χ0v) is 11.1. The van der Waals surface area contributed by atoms with Crippen LogP contribution >= 0.6 is 11.6 Å². The fourth-order valence-corrected chi connectivity index (χ4v) is 1.95. The minimum atomic E-state index is -0.675. The molecule has 18 heavy (non-hydrogen) atoms. The lowest BCUT2D eigenvalue weighted by molar-refractivity contribution is -0.126. The number of aromatic nitrogens is 3. The molecule has 0 fully saturated rings. The van der Waals surface area contributed by atoms with Gasteiger partial charge in [-0.2, -0.15) is 0 Å². The highest BCUT2D eigenvalue weighted by atomic mass is 35.5. The van der Waals surface area contributed by atoms with Crippen LogP contribution in [0.25, 0.3) is 11.2 Å². The van der Waals surface area contributed by atoms with E-state index in [0.717, 1.165) is 11.2 Å². The number of rotatable bonds is 4.